The molecule has 2 rings (SSSR count). The molecule has 6 nitrogen and oxygen atoms in total. The van der Waals surface area contributed by atoms with E-state index in [-0.39, 0.29) is 19.1 Å². The van der Waals surface area contributed by atoms with Crippen molar-refractivity contribution in [3.8, 4) is 0 Å². The summed E-state index contributed by atoms with van der Waals surface area (Å²) < 4.78 is 10.3. The van der Waals surface area contributed by atoms with Crippen molar-refractivity contribution in [3.05, 3.63) is 65.7 Å². The molecule has 0 saturated heterocycles. The first-order chi connectivity index (χ1) is 12.5. The summed E-state index contributed by atoms with van der Waals surface area (Å²) in [7, 11) is 4.85. The maximum Gasteiger partial charge on any atom is 0.410 e. The van der Waals surface area contributed by atoms with Crippen LogP contribution in [-0.2, 0) is 27.5 Å². The lowest BCUT2D eigenvalue weighted by Crippen LogP contribution is -2.39. The number of hydrogen-bond acceptors (Lipinski definition) is 4. The van der Waals surface area contributed by atoms with Crippen LogP contribution in [-0.4, -0.2) is 44.7 Å². The standard InChI is InChI=1S/C20H24N2O4/c1-21(20(24)26-15-16-7-5-4-6-8-16)13-19(23)22(2)18-11-9-17(10-12-18)14-25-3/h4-12H,13-15H2,1-3H3. The van der Waals surface area contributed by atoms with Crippen molar-refractivity contribution in [3.63, 3.8) is 0 Å². The van der Waals surface area contributed by atoms with Gasteiger partial charge in [-0.25, -0.2) is 4.79 Å². The quantitative estimate of drug-likeness (QED) is 0.765. The number of ether oxygens (including phenoxy) is 2. The van der Waals surface area contributed by atoms with Gasteiger partial charge >= 0.3 is 6.09 Å². The monoisotopic (exact) mass is 356 g/mol. The first kappa shape index (κ1) is 19.5. The van der Waals surface area contributed by atoms with Crippen LogP contribution in [0.4, 0.5) is 10.5 Å². The van der Waals surface area contributed by atoms with Gasteiger partial charge in [-0.05, 0) is 23.3 Å². The molecule has 0 aliphatic heterocycles. The molecule has 0 aromatic heterocycles. The number of rotatable bonds is 7. The van der Waals surface area contributed by atoms with E-state index >= 15 is 0 Å². The van der Waals surface area contributed by atoms with Gasteiger partial charge in [-0.15, -0.1) is 0 Å². The maximum absolute atomic E-state index is 12.4. The number of nitrogens with zero attached hydrogens (tertiary/aromatic N) is 2. The molecule has 0 radical (unpaired) electrons. The third kappa shape index (κ3) is 5.60. The summed E-state index contributed by atoms with van der Waals surface area (Å²) in [6, 6.07) is 16.9. The van der Waals surface area contributed by atoms with E-state index in [1.54, 1.807) is 21.2 Å². The second kappa shape index (κ2) is 9.58. The van der Waals surface area contributed by atoms with Crippen molar-refractivity contribution >= 4 is 17.7 Å². The normalized spacial score (nSPS) is 10.3. The summed E-state index contributed by atoms with van der Waals surface area (Å²) in [5, 5.41) is 0. The molecule has 0 N–H and O–H groups in total. The average molecular weight is 356 g/mol. The van der Waals surface area contributed by atoms with Gasteiger partial charge < -0.3 is 19.3 Å². The minimum atomic E-state index is -0.536. The zero-order chi connectivity index (χ0) is 18.9. The lowest BCUT2D eigenvalue weighted by molar-refractivity contribution is -0.119. The Bertz CT molecular complexity index is 716. The van der Waals surface area contributed by atoms with Gasteiger partial charge in [0.1, 0.15) is 13.2 Å². The third-order valence-corrected chi connectivity index (χ3v) is 3.90. The van der Waals surface area contributed by atoms with Gasteiger partial charge in [-0.3, -0.25) is 4.79 Å². The predicted octanol–water partition coefficient (Wildman–Crippen LogP) is 3.06. The molecule has 0 heterocycles. The van der Waals surface area contributed by atoms with Crippen molar-refractivity contribution in [1.29, 1.82) is 0 Å². The fourth-order valence-corrected chi connectivity index (χ4v) is 2.33. The number of methoxy groups -OCH3 is 1. The van der Waals surface area contributed by atoms with Gasteiger partial charge in [0.2, 0.25) is 5.91 Å². The Hall–Kier alpha value is -2.86. The van der Waals surface area contributed by atoms with E-state index in [4.69, 9.17) is 9.47 Å². The van der Waals surface area contributed by atoms with Crippen molar-refractivity contribution in [2.24, 2.45) is 0 Å². The number of benzene rings is 2. The van der Waals surface area contributed by atoms with Gasteiger partial charge in [-0.2, -0.15) is 0 Å². The molecule has 0 unspecified atom stereocenters. The van der Waals surface area contributed by atoms with Gasteiger partial charge in [0.05, 0.1) is 6.61 Å². The number of carbonyl (C=O) groups excluding carboxylic acids is 2. The average Bonchev–Trinajstić information content (AvgIpc) is 2.67. The van der Waals surface area contributed by atoms with Gasteiger partial charge in [0.15, 0.2) is 0 Å². The summed E-state index contributed by atoms with van der Waals surface area (Å²) >= 11 is 0. The summed E-state index contributed by atoms with van der Waals surface area (Å²) in [4.78, 5) is 27.2. The molecule has 6 heteroatoms. The second-order valence-electron chi connectivity index (χ2n) is 5.95. The zero-order valence-corrected chi connectivity index (χ0v) is 15.3. The largest absolute Gasteiger partial charge is 0.445 e. The van der Waals surface area contributed by atoms with Crippen LogP contribution in [0.25, 0.3) is 0 Å². The summed E-state index contributed by atoms with van der Waals surface area (Å²) in [6.45, 7) is 0.632. The molecule has 0 atom stereocenters. The topological polar surface area (TPSA) is 59.1 Å². The maximum atomic E-state index is 12.4. The molecule has 2 amide bonds. The van der Waals surface area contributed by atoms with Crippen LogP contribution in [0.15, 0.2) is 54.6 Å². The highest BCUT2D eigenvalue weighted by Gasteiger charge is 2.18. The fourth-order valence-electron chi connectivity index (χ4n) is 2.33. The SMILES string of the molecule is COCc1ccc(N(C)C(=O)CN(C)C(=O)OCc2ccccc2)cc1. The van der Waals surface area contributed by atoms with E-state index < -0.39 is 6.09 Å². The van der Waals surface area contributed by atoms with E-state index in [1.807, 2.05) is 54.6 Å². The minimum Gasteiger partial charge on any atom is -0.445 e. The summed E-state index contributed by atoms with van der Waals surface area (Å²) in [5.74, 6) is -0.205. The Morgan fingerprint density at radius 1 is 0.885 bits per heavy atom. The number of hydrogen-bond donors (Lipinski definition) is 0. The van der Waals surface area contributed by atoms with E-state index in [0.29, 0.717) is 6.61 Å². The number of anilines is 1. The molecular formula is C20H24N2O4. The minimum absolute atomic E-state index is 0.0655. The van der Waals surface area contributed by atoms with E-state index in [2.05, 4.69) is 0 Å². The van der Waals surface area contributed by atoms with Crippen molar-refractivity contribution in [1.82, 2.24) is 4.90 Å². The van der Waals surface area contributed by atoms with Crippen molar-refractivity contribution in [2.75, 3.05) is 32.6 Å². The highest BCUT2D eigenvalue weighted by Crippen LogP contribution is 2.15. The van der Waals surface area contributed by atoms with Crippen LogP contribution in [0.2, 0.25) is 0 Å². The summed E-state index contributed by atoms with van der Waals surface area (Å²) in [6.07, 6.45) is -0.536. The van der Waals surface area contributed by atoms with E-state index in [0.717, 1.165) is 16.8 Å². The fraction of sp³-hybridized carbons (Fsp3) is 0.300. The van der Waals surface area contributed by atoms with Crippen molar-refractivity contribution < 1.29 is 19.1 Å². The molecule has 0 saturated carbocycles. The number of amides is 2. The molecule has 0 bridgehead atoms. The van der Waals surface area contributed by atoms with Crippen LogP contribution in [0, 0.1) is 0 Å². The molecule has 26 heavy (non-hydrogen) atoms. The zero-order valence-electron chi connectivity index (χ0n) is 15.3. The smallest absolute Gasteiger partial charge is 0.410 e. The molecule has 0 spiro atoms. The summed E-state index contributed by atoms with van der Waals surface area (Å²) in [5.41, 5.74) is 2.67. The lowest BCUT2D eigenvalue weighted by atomic mass is 10.2. The Kier molecular flexibility index (Phi) is 7.17. The Labute approximate surface area is 153 Å². The van der Waals surface area contributed by atoms with Crippen LogP contribution in [0.5, 0.6) is 0 Å². The predicted molar refractivity (Wildman–Crippen MR) is 99.8 cm³/mol. The molecule has 0 aliphatic rings. The van der Waals surface area contributed by atoms with Crippen LogP contribution < -0.4 is 4.90 Å². The van der Waals surface area contributed by atoms with E-state index in [1.165, 1.54) is 9.80 Å². The molecule has 2 aromatic rings. The number of likely N-dealkylation sites (N-methyl/N-ethyl adjacent to an activating group) is 2. The van der Waals surface area contributed by atoms with Crippen LogP contribution >= 0.6 is 0 Å². The highest BCUT2D eigenvalue weighted by atomic mass is 16.6. The molecule has 138 valence electrons. The first-order valence-electron chi connectivity index (χ1n) is 8.27. The lowest BCUT2D eigenvalue weighted by Gasteiger charge is -2.22. The van der Waals surface area contributed by atoms with Gasteiger partial charge in [0, 0.05) is 26.9 Å². The van der Waals surface area contributed by atoms with E-state index in [9.17, 15) is 9.59 Å². The Balaban J connectivity index is 1.85. The first-order valence-corrected chi connectivity index (χ1v) is 8.27. The molecular weight excluding hydrogens is 332 g/mol. The molecule has 2 aromatic carbocycles. The van der Waals surface area contributed by atoms with Gasteiger partial charge in [-0.1, -0.05) is 42.5 Å². The van der Waals surface area contributed by atoms with Gasteiger partial charge in [0.25, 0.3) is 0 Å². The Morgan fingerprint density at radius 3 is 2.12 bits per heavy atom. The van der Waals surface area contributed by atoms with Crippen LogP contribution in [0.1, 0.15) is 11.1 Å². The third-order valence-electron chi connectivity index (χ3n) is 3.90. The second-order valence-corrected chi connectivity index (χ2v) is 5.95. The Morgan fingerprint density at radius 2 is 1.50 bits per heavy atom. The molecule has 0 fully saturated rings. The number of carbonyl (C=O) groups is 2. The van der Waals surface area contributed by atoms with Crippen LogP contribution in [0.3, 0.4) is 0 Å². The molecule has 0 aliphatic carbocycles. The highest BCUT2D eigenvalue weighted by molar-refractivity contribution is 5.95. The van der Waals surface area contributed by atoms with Crippen molar-refractivity contribution in [2.45, 2.75) is 13.2 Å².